The molecule has 550 valence electrons. The summed E-state index contributed by atoms with van der Waals surface area (Å²) in [5, 5.41) is 23.2. The van der Waals surface area contributed by atoms with E-state index in [-0.39, 0.29) is 10.8 Å². The Morgan fingerprint density at radius 1 is 0.161 bits per heavy atom. The highest BCUT2D eigenvalue weighted by Crippen LogP contribution is 2.57. The molecule has 22 aromatic rings. The Bertz CT molecular complexity index is 8010. The molecule has 0 fully saturated rings. The normalized spacial score (nSPS) is 13.2. The van der Waals surface area contributed by atoms with E-state index in [1.54, 1.807) is 0 Å². The van der Waals surface area contributed by atoms with Gasteiger partial charge in [0.15, 0.2) is 34.9 Å². The van der Waals surface area contributed by atoms with Crippen LogP contribution in [0.5, 0.6) is 0 Å². The van der Waals surface area contributed by atoms with Crippen molar-refractivity contribution in [3.8, 4) is 124 Å². The molecule has 0 N–H and O–H groups in total. The van der Waals surface area contributed by atoms with Gasteiger partial charge in [-0.05, 0) is 228 Å². The molecule has 0 aliphatic heterocycles. The maximum Gasteiger partial charge on any atom is 0.165 e. The predicted octanol–water partition coefficient (Wildman–Crippen LogP) is 29.2. The van der Waals surface area contributed by atoms with Crippen LogP contribution in [0, 0.1) is 0 Å². The maximum absolute atomic E-state index is 5.61. The molecule has 6 heteroatoms. The lowest BCUT2D eigenvalue weighted by Gasteiger charge is -2.25. The fourth-order valence-corrected chi connectivity index (χ4v) is 20.1. The number of nitrogens with zero attached hydrogens (tertiary/aromatic N) is 6. The fourth-order valence-electron chi connectivity index (χ4n) is 20.1. The summed E-state index contributed by atoms with van der Waals surface area (Å²) in [6, 6.07) is 133. The first-order valence-electron chi connectivity index (χ1n) is 40.8. The zero-order chi connectivity index (χ0) is 78.2. The van der Waals surface area contributed by atoms with Gasteiger partial charge in [0.05, 0.1) is 0 Å². The molecule has 24 rings (SSSR count). The molecule has 20 aromatic carbocycles. The van der Waals surface area contributed by atoms with Crippen LogP contribution in [0.3, 0.4) is 0 Å². The van der Waals surface area contributed by atoms with Crippen molar-refractivity contribution in [2.75, 3.05) is 0 Å². The van der Waals surface area contributed by atoms with Crippen LogP contribution in [0.15, 0.2) is 364 Å². The van der Waals surface area contributed by atoms with Gasteiger partial charge in [-0.3, -0.25) is 0 Å². The number of aromatic nitrogens is 6. The summed E-state index contributed by atoms with van der Waals surface area (Å²) in [5.41, 5.74) is 22.4. The molecule has 0 saturated heterocycles. The molecule has 2 aromatic heterocycles. The second kappa shape index (κ2) is 25.8. The van der Waals surface area contributed by atoms with Gasteiger partial charge >= 0.3 is 0 Å². The SMILES string of the molecule is CC1(C)c2ccccc2-c2cc(-c3ccc4ccccc4c3-c3nc(-c4ccc5c(ccc6ccccc65)c4)nc(-c4ccc5c(ccc6cc(-c7cccc8c7-c7cccc(-c9ccc(-c%10nc(-c%11ccc%12c(ccc%13ccccc%13%12)c%11)nc(-c%11ccc%12c(ccc%13ccccc%13%12)c%11)n%10)c%10ccccc9%10)c7C8(C)C)ccc65)c4)n3)ccc21. The minimum atomic E-state index is -0.354. The second-order valence-electron chi connectivity index (χ2n) is 33.1. The molecule has 0 saturated carbocycles. The molecule has 0 amide bonds. The van der Waals surface area contributed by atoms with E-state index < -0.39 is 0 Å². The monoisotopic (exact) mass is 1500 g/mol. The summed E-state index contributed by atoms with van der Waals surface area (Å²) in [4.78, 5) is 32.9. The number of hydrogen-bond donors (Lipinski definition) is 0. The smallest absolute Gasteiger partial charge is 0.165 e. The van der Waals surface area contributed by atoms with E-state index in [2.05, 4.69) is 392 Å². The fraction of sp³-hybridized carbons (Fsp3) is 0.0536. The first-order chi connectivity index (χ1) is 57.9. The lowest BCUT2D eigenvalue weighted by Crippen LogP contribution is -2.16. The average Bonchev–Trinajstić information content (AvgIpc) is 1.54. The number of hydrogen-bond acceptors (Lipinski definition) is 6. The zero-order valence-corrected chi connectivity index (χ0v) is 65.3. The highest BCUT2D eigenvalue weighted by atomic mass is 15.0. The van der Waals surface area contributed by atoms with Gasteiger partial charge in [-0.25, -0.2) is 29.9 Å². The quantitative estimate of drug-likeness (QED) is 0.134. The Morgan fingerprint density at radius 3 is 1.02 bits per heavy atom. The average molecular weight is 1500 g/mol. The summed E-state index contributed by atoms with van der Waals surface area (Å²) in [7, 11) is 0. The summed E-state index contributed by atoms with van der Waals surface area (Å²) in [6.45, 7) is 9.48. The van der Waals surface area contributed by atoms with Crippen molar-refractivity contribution in [2.45, 2.75) is 38.5 Å². The van der Waals surface area contributed by atoms with E-state index in [1.807, 2.05) is 0 Å². The summed E-state index contributed by atoms with van der Waals surface area (Å²) in [5.74, 6) is 3.70. The van der Waals surface area contributed by atoms with Crippen LogP contribution in [0.25, 0.3) is 232 Å². The minimum Gasteiger partial charge on any atom is -0.208 e. The Morgan fingerprint density at radius 2 is 0.483 bits per heavy atom. The Balaban J connectivity index is 0.603. The molecule has 2 aliphatic rings. The summed E-state index contributed by atoms with van der Waals surface area (Å²) < 4.78 is 0. The van der Waals surface area contributed by atoms with Crippen LogP contribution in [0.1, 0.15) is 49.9 Å². The van der Waals surface area contributed by atoms with Crippen LogP contribution in [0.2, 0.25) is 0 Å². The third-order valence-corrected chi connectivity index (χ3v) is 25.9. The van der Waals surface area contributed by atoms with Crippen molar-refractivity contribution in [1.82, 2.24) is 29.9 Å². The van der Waals surface area contributed by atoms with Crippen molar-refractivity contribution in [2.24, 2.45) is 0 Å². The van der Waals surface area contributed by atoms with Crippen LogP contribution in [0.4, 0.5) is 0 Å². The summed E-state index contributed by atoms with van der Waals surface area (Å²) >= 11 is 0. The van der Waals surface area contributed by atoms with Gasteiger partial charge in [-0.2, -0.15) is 0 Å². The van der Waals surface area contributed by atoms with Crippen LogP contribution in [-0.2, 0) is 10.8 Å². The third kappa shape index (κ3) is 10.4. The molecule has 2 aliphatic carbocycles. The number of rotatable bonds is 9. The van der Waals surface area contributed by atoms with Gasteiger partial charge in [0.2, 0.25) is 0 Å². The van der Waals surface area contributed by atoms with Crippen LogP contribution in [-0.4, -0.2) is 29.9 Å². The van der Waals surface area contributed by atoms with Crippen molar-refractivity contribution >= 4 is 108 Å². The molecule has 0 radical (unpaired) electrons. The van der Waals surface area contributed by atoms with E-state index in [0.29, 0.717) is 34.9 Å². The molecule has 0 bridgehead atoms. The van der Waals surface area contributed by atoms with Crippen molar-refractivity contribution in [3.05, 3.63) is 386 Å². The van der Waals surface area contributed by atoms with Crippen LogP contribution >= 0.6 is 0 Å². The predicted molar refractivity (Wildman–Crippen MR) is 492 cm³/mol. The largest absolute Gasteiger partial charge is 0.208 e. The number of fused-ring (bicyclic) bond motifs is 20. The van der Waals surface area contributed by atoms with Gasteiger partial charge in [0, 0.05) is 44.2 Å². The number of benzene rings is 20. The Kier molecular flexibility index (Phi) is 14.7. The van der Waals surface area contributed by atoms with E-state index in [9.17, 15) is 0 Å². The molecular formula is C112H72N6. The standard InChI is InChI=1S/C112H72N6/c1-111(2)99-33-16-15-29-94(99)98-64-75(49-58-100(98)111)90-55-43-68-22-8-12-26-88(68)103(90)110-117-107(78-47-53-85-72(62-78)40-37-67-21-7-11-25-82(67)85)114-108(118-110)79-48-54-87-73(63-79)42-41-69-59-74(44-50-86(69)87)89-30-18-34-101-102(89)97-32-17-31-95(104(97)112(101,3)4)93-56-57-96(92-28-14-13-27-91(92)93)109-115-105(76-45-51-83-70(60-76)38-35-65-19-5-9-23-80(65)83)113-106(116-109)77-46-52-84-71(61-77)39-36-66-20-6-10-24-81(66)84/h5-64H,1-4H3. The van der Waals surface area contributed by atoms with Gasteiger partial charge in [0.1, 0.15) is 0 Å². The topological polar surface area (TPSA) is 77.3 Å². The molecule has 0 unspecified atom stereocenters. The van der Waals surface area contributed by atoms with Gasteiger partial charge in [-0.1, -0.05) is 349 Å². The van der Waals surface area contributed by atoms with Crippen molar-refractivity contribution in [3.63, 3.8) is 0 Å². The minimum absolute atomic E-state index is 0.125. The molecule has 2 heterocycles. The van der Waals surface area contributed by atoms with Crippen molar-refractivity contribution in [1.29, 1.82) is 0 Å². The van der Waals surface area contributed by atoms with E-state index in [4.69, 9.17) is 29.9 Å². The lowest BCUT2D eigenvalue weighted by atomic mass is 9.78. The molecular weight excluding hydrogens is 1430 g/mol. The van der Waals surface area contributed by atoms with Gasteiger partial charge < -0.3 is 0 Å². The Labute approximate surface area is 681 Å². The maximum atomic E-state index is 5.61. The molecule has 118 heavy (non-hydrogen) atoms. The highest BCUT2D eigenvalue weighted by molar-refractivity contribution is 6.14. The van der Waals surface area contributed by atoms with E-state index >= 15 is 0 Å². The lowest BCUT2D eigenvalue weighted by molar-refractivity contribution is 0.660. The van der Waals surface area contributed by atoms with Crippen LogP contribution < -0.4 is 0 Å². The Hall–Kier alpha value is -15.0. The molecule has 0 spiro atoms. The highest BCUT2D eigenvalue weighted by Gasteiger charge is 2.40. The molecule has 6 nitrogen and oxygen atoms in total. The van der Waals surface area contributed by atoms with E-state index in [1.165, 1.54) is 120 Å². The van der Waals surface area contributed by atoms with E-state index in [0.717, 1.165) is 98.5 Å². The first-order valence-corrected chi connectivity index (χ1v) is 40.8. The second-order valence-corrected chi connectivity index (χ2v) is 33.1. The van der Waals surface area contributed by atoms with Gasteiger partial charge in [0.25, 0.3) is 0 Å². The first kappa shape index (κ1) is 67.5. The van der Waals surface area contributed by atoms with Crippen molar-refractivity contribution < 1.29 is 0 Å². The zero-order valence-electron chi connectivity index (χ0n) is 65.3. The third-order valence-electron chi connectivity index (χ3n) is 25.9. The summed E-state index contributed by atoms with van der Waals surface area (Å²) in [6.07, 6.45) is 0. The molecule has 0 atom stereocenters. The van der Waals surface area contributed by atoms with Gasteiger partial charge in [-0.15, -0.1) is 0 Å².